The van der Waals surface area contributed by atoms with Crippen LogP contribution >= 0.6 is 0 Å². The summed E-state index contributed by atoms with van der Waals surface area (Å²) in [5, 5.41) is 12.4. The molecule has 0 unspecified atom stereocenters. The maximum atomic E-state index is 12.9. The lowest BCUT2D eigenvalue weighted by Gasteiger charge is -2.33. The van der Waals surface area contributed by atoms with E-state index in [2.05, 4.69) is 10.3 Å². The Morgan fingerprint density at radius 2 is 1.85 bits per heavy atom. The SMILES string of the molecule is C[C@H](Nc1nccc2c1N(Cc1ccc(C(F)(F)F)cc1)CCO2)c1ccc(C(=O)O)cc1. The molecule has 2 heterocycles. The molecule has 2 aromatic carbocycles. The molecule has 0 bridgehead atoms. The summed E-state index contributed by atoms with van der Waals surface area (Å²) in [6.45, 7) is 3.33. The standard InChI is InChI=1S/C24H22F3N3O3/c1-15(17-4-6-18(7-5-17)23(31)32)29-22-21-20(10-11-28-22)33-13-12-30(21)14-16-2-8-19(9-3-16)24(25,26)27/h2-11,15H,12-14H2,1H3,(H,28,29)(H,31,32)/t15-/m0/s1. The van der Waals surface area contributed by atoms with Gasteiger partial charge in [0.2, 0.25) is 0 Å². The summed E-state index contributed by atoms with van der Waals surface area (Å²) < 4.78 is 44.4. The molecule has 0 spiro atoms. The van der Waals surface area contributed by atoms with Crippen LogP contribution < -0.4 is 15.0 Å². The lowest BCUT2D eigenvalue weighted by Crippen LogP contribution is -2.33. The number of hydrogen-bond acceptors (Lipinski definition) is 5. The third-order valence-electron chi connectivity index (χ3n) is 5.49. The van der Waals surface area contributed by atoms with Gasteiger partial charge in [-0.15, -0.1) is 0 Å². The first-order chi connectivity index (χ1) is 15.7. The van der Waals surface area contributed by atoms with Crippen LogP contribution in [-0.2, 0) is 12.7 Å². The summed E-state index contributed by atoms with van der Waals surface area (Å²) in [6, 6.07) is 13.3. The normalized spacial score (nSPS) is 14.2. The Morgan fingerprint density at radius 3 is 2.48 bits per heavy atom. The Balaban J connectivity index is 1.56. The third kappa shape index (κ3) is 5.02. The molecule has 0 saturated carbocycles. The number of carboxylic acid groups (broad SMARTS) is 1. The van der Waals surface area contributed by atoms with E-state index in [9.17, 15) is 18.0 Å². The van der Waals surface area contributed by atoms with E-state index in [1.807, 2.05) is 11.8 Å². The second kappa shape index (κ2) is 9.01. The number of fused-ring (bicyclic) bond motifs is 1. The smallest absolute Gasteiger partial charge is 0.416 e. The maximum Gasteiger partial charge on any atom is 0.416 e. The van der Waals surface area contributed by atoms with Crippen molar-refractivity contribution in [3.63, 3.8) is 0 Å². The zero-order valence-corrected chi connectivity index (χ0v) is 17.8. The van der Waals surface area contributed by atoms with Crippen LogP contribution in [0.15, 0.2) is 60.8 Å². The summed E-state index contributed by atoms with van der Waals surface area (Å²) in [7, 11) is 0. The number of nitrogens with one attached hydrogen (secondary N) is 1. The minimum absolute atomic E-state index is 0.179. The Hall–Kier alpha value is -3.75. The maximum absolute atomic E-state index is 12.9. The van der Waals surface area contributed by atoms with E-state index in [0.29, 0.717) is 31.3 Å². The van der Waals surface area contributed by atoms with Crippen molar-refractivity contribution < 1.29 is 27.8 Å². The highest BCUT2D eigenvalue weighted by atomic mass is 19.4. The number of aromatic nitrogens is 1. The summed E-state index contributed by atoms with van der Waals surface area (Å²) in [6.07, 6.45) is -2.74. The fraction of sp³-hybridized carbons (Fsp3) is 0.250. The molecule has 3 aromatic rings. The van der Waals surface area contributed by atoms with Crippen LogP contribution in [0.4, 0.5) is 24.7 Å². The fourth-order valence-electron chi connectivity index (χ4n) is 3.72. The van der Waals surface area contributed by atoms with Gasteiger partial charge in [0, 0.05) is 18.8 Å². The van der Waals surface area contributed by atoms with Crippen molar-refractivity contribution in [2.24, 2.45) is 0 Å². The number of pyridine rings is 1. The molecule has 1 aliphatic heterocycles. The highest BCUT2D eigenvalue weighted by molar-refractivity contribution is 5.87. The van der Waals surface area contributed by atoms with Crippen LogP contribution in [0.2, 0.25) is 0 Å². The van der Waals surface area contributed by atoms with Crippen molar-refractivity contribution in [2.45, 2.75) is 25.7 Å². The van der Waals surface area contributed by atoms with Gasteiger partial charge in [0.15, 0.2) is 5.82 Å². The average molecular weight is 457 g/mol. The number of aromatic carboxylic acids is 1. The molecule has 6 nitrogen and oxygen atoms in total. The number of carboxylic acids is 1. The van der Waals surface area contributed by atoms with Gasteiger partial charge in [-0.25, -0.2) is 9.78 Å². The van der Waals surface area contributed by atoms with Crippen LogP contribution in [-0.4, -0.2) is 29.2 Å². The lowest BCUT2D eigenvalue weighted by molar-refractivity contribution is -0.137. The van der Waals surface area contributed by atoms with E-state index in [0.717, 1.165) is 28.9 Å². The minimum atomic E-state index is -4.37. The molecular weight excluding hydrogens is 435 g/mol. The molecule has 1 aromatic heterocycles. The molecule has 9 heteroatoms. The van der Waals surface area contributed by atoms with Crippen LogP contribution in [0.1, 0.15) is 40.0 Å². The number of carbonyl (C=O) groups is 1. The number of halogens is 3. The fourth-order valence-corrected chi connectivity index (χ4v) is 3.72. The Labute approximate surface area is 188 Å². The van der Waals surface area contributed by atoms with E-state index in [4.69, 9.17) is 9.84 Å². The molecular formula is C24H22F3N3O3. The first kappa shape index (κ1) is 22.4. The number of alkyl halides is 3. The Kier molecular flexibility index (Phi) is 6.13. The van der Waals surface area contributed by atoms with Crippen LogP contribution in [0.25, 0.3) is 0 Å². The Bertz CT molecular complexity index is 1130. The van der Waals surface area contributed by atoms with E-state index in [1.165, 1.54) is 12.1 Å². The van der Waals surface area contributed by atoms with E-state index < -0.39 is 17.7 Å². The van der Waals surface area contributed by atoms with Crippen LogP contribution in [0.3, 0.4) is 0 Å². The molecule has 33 heavy (non-hydrogen) atoms. The zero-order chi connectivity index (χ0) is 23.6. The van der Waals surface area contributed by atoms with Crippen LogP contribution in [0, 0.1) is 0 Å². The molecule has 0 amide bonds. The first-order valence-electron chi connectivity index (χ1n) is 10.3. The van der Waals surface area contributed by atoms with Crippen molar-refractivity contribution in [1.82, 2.24) is 4.98 Å². The van der Waals surface area contributed by atoms with Gasteiger partial charge in [0.1, 0.15) is 18.0 Å². The number of anilines is 2. The van der Waals surface area contributed by atoms with Gasteiger partial charge in [-0.2, -0.15) is 13.2 Å². The average Bonchev–Trinajstić information content (AvgIpc) is 2.79. The van der Waals surface area contributed by atoms with Gasteiger partial charge >= 0.3 is 12.1 Å². The quantitative estimate of drug-likeness (QED) is 0.518. The summed E-state index contributed by atoms with van der Waals surface area (Å²) in [4.78, 5) is 17.6. The Morgan fingerprint density at radius 1 is 1.15 bits per heavy atom. The summed E-state index contributed by atoms with van der Waals surface area (Å²) >= 11 is 0. The number of nitrogens with zero attached hydrogens (tertiary/aromatic N) is 2. The summed E-state index contributed by atoms with van der Waals surface area (Å²) in [5.41, 5.74) is 1.88. The molecule has 0 aliphatic carbocycles. The molecule has 0 fully saturated rings. The van der Waals surface area contributed by atoms with Gasteiger partial charge in [-0.1, -0.05) is 24.3 Å². The summed E-state index contributed by atoms with van der Waals surface area (Å²) in [5.74, 6) is 0.227. The predicted octanol–water partition coefficient (Wildman–Crippen LogP) is 5.37. The topological polar surface area (TPSA) is 74.7 Å². The van der Waals surface area contributed by atoms with Gasteiger partial charge in [0.05, 0.1) is 23.7 Å². The van der Waals surface area contributed by atoms with E-state index in [-0.39, 0.29) is 11.6 Å². The molecule has 4 rings (SSSR count). The third-order valence-corrected chi connectivity index (χ3v) is 5.49. The highest BCUT2D eigenvalue weighted by Crippen LogP contribution is 2.39. The van der Waals surface area contributed by atoms with Crippen molar-refractivity contribution in [3.05, 3.63) is 83.0 Å². The van der Waals surface area contributed by atoms with Crippen LogP contribution in [0.5, 0.6) is 5.75 Å². The second-order valence-electron chi connectivity index (χ2n) is 7.76. The monoisotopic (exact) mass is 457 g/mol. The van der Waals surface area contributed by atoms with Gasteiger partial charge in [-0.3, -0.25) is 0 Å². The predicted molar refractivity (Wildman–Crippen MR) is 118 cm³/mol. The number of rotatable bonds is 6. The lowest BCUT2D eigenvalue weighted by atomic mass is 10.1. The number of hydrogen-bond donors (Lipinski definition) is 2. The molecule has 0 radical (unpaired) electrons. The van der Waals surface area contributed by atoms with Crippen molar-refractivity contribution in [2.75, 3.05) is 23.4 Å². The molecule has 1 aliphatic rings. The van der Waals surface area contributed by atoms with Gasteiger partial charge < -0.3 is 20.1 Å². The van der Waals surface area contributed by atoms with Crippen molar-refractivity contribution >= 4 is 17.5 Å². The van der Waals surface area contributed by atoms with Gasteiger partial charge in [0.25, 0.3) is 0 Å². The highest BCUT2D eigenvalue weighted by Gasteiger charge is 2.30. The minimum Gasteiger partial charge on any atom is -0.489 e. The zero-order valence-electron chi connectivity index (χ0n) is 17.8. The van der Waals surface area contributed by atoms with Crippen molar-refractivity contribution in [1.29, 1.82) is 0 Å². The number of benzene rings is 2. The molecule has 2 N–H and O–H groups in total. The second-order valence-corrected chi connectivity index (χ2v) is 7.76. The molecule has 172 valence electrons. The van der Waals surface area contributed by atoms with E-state index >= 15 is 0 Å². The molecule has 0 saturated heterocycles. The molecule has 1 atom stereocenters. The first-order valence-corrected chi connectivity index (χ1v) is 10.3. The van der Waals surface area contributed by atoms with Crippen molar-refractivity contribution in [3.8, 4) is 5.75 Å². The van der Waals surface area contributed by atoms with E-state index in [1.54, 1.807) is 36.5 Å². The number of ether oxygens (including phenoxy) is 1. The largest absolute Gasteiger partial charge is 0.489 e. The van der Waals surface area contributed by atoms with Gasteiger partial charge in [-0.05, 0) is 42.3 Å².